The van der Waals surface area contributed by atoms with Gasteiger partial charge in [-0.05, 0) is 6.07 Å². The first-order chi connectivity index (χ1) is 10.3. The molecule has 3 heterocycles. The van der Waals surface area contributed by atoms with Gasteiger partial charge in [-0.15, -0.1) is 0 Å². The van der Waals surface area contributed by atoms with Crippen molar-refractivity contribution < 1.29 is 4.74 Å². The van der Waals surface area contributed by atoms with Gasteiger partial charge in [0.1, 0.15) is 12.4 Å². The Labute approximate surface area is 120 Å². The van der Waals surface area contributed by atoms with Gasteiger partial charge in [0.25, 0.3) is 0 Å². The minimum Gasteiger partial charge on any atom is -0.491 e. The van der Waals surface area contributed by atoms with E-state index in [1.165, 1.54) is 0 Å². The maximum Gasteiger partial charge on any atom is 0.180 e. The maximum atomic E-state index is 5.68. The van der Waals surface area contributed by atoms with E-state index in [9.17, 15) is 0 Å². The lowest BCUT2D eigenvalue weighted by Gasteiger charge is -2.14. The van der Waals surface area contributed by atoms with Crippen LogP contribution < -0.4 is 21.3 Å². The molecule has 0 bridgehead atoms. The molecule has 7 nitrogen and oxygen atoms in total. The highest BCUT2D eigenvalue weighted by Gasteiger charge is 2.24. The van der Waals surface area contributed by atoms with Crippen LogP contribution in [0.5, 0.6) is 5.75 Å². The minimum atomic E-state index is 0.0437. The fraction of sp³-hybridized carbons (Fsp3) is 0.143. The van der Waals surface area contributed by atoms with Gasteiger partial charge in [-0.3, -0.25) is 0 Å². The summed E-state index contributed by atoms with van der Waals surface area (Å²) in [6.07, 6.45) is 5.36. The van der Waals surface area contributed by atoms with Crippen molar-refractivity contribution in [2.75, 3.05) is 17.3 Å². The Kier molecular flexibility index (Phi) is 2.65. The molecule has 4 N–H and O–H groups in total. The van der Waals surface area contributed by atoms with Crippen molar-refractivity contribution in [3.05, 3.63) is 48.4 Å². The third-order valence-corrected chi connectivity index (χ3v) is 3.53. The summed E-state index contributed by atoms with van der Waals surface area (Å²) in [4.78, 5) is 8.76. The van der Waals surface area contributed by atoms with Crippen LogP contribution in [0.25, 0.3) is 5.65 Å². The number of hydrazine groups is 1. The number of rotatable bonds is 3. The smallest absolute Gasteiger partial charge is 0.180 e. The summed E-state index contributed by atoms with van der Waals surface area (Å²) in [6.45, 7) is 0.564. The molecule has 1 aromatic carbocycles. The molecule has 1 unspecified atom stereocenters. The standard InChI is InChI=1S/C14H14N6O/c15-19-12-7-20-6-5-16-14(20)13(18-12)17-10-8-21-11-4-2-1-3-9(10)11/h1-7,10,19H,8,15H2,(H,17,18). The van der Waals surface area contributed by atoms with E-state index in [1.54, 1.807) is 12.4 Å². The third kappa shape index (κ3) is 1.95. The first-order valence-corrected chi connectivity index (χ1v) is 6.64. The van der Waals surface area contributed by atoms with Crippen molar-refractivity contribution in [3.8, 4) is 5.75 Å². The van der Waals surface area contributed by atoms with Crippen LogP contribution >= 0.6 is 0 Å². The van der Waals surface area contributed by atoms with E-state index >= 15 is 0 Å². The molecule has 2 aromatic heterocycles. The summed E-state index contributed by atoms with van der Waals surface area (Å²) < 4.78 is 7.54. The van der Waals surface area contributed by atoms with Crippen LogP contribution in [0.3, 0.4) is 0 Å². The number of nitrogens with two attached hydrogens (primary N) is 1. The predicted molar refractivity (Wildman–Crippen MR) is 79.1 cm³/mol. The molecule has 1 aliphatic heterocycles. The van der Waals surface area contributed by atoms with Gasteiger partial charge in [-0.1, -0.05) is 18.2 Å². The topological polar surface area (TPSA) is 89.5 Å². The number of para-hydroxylation sites is 1. The number of nitrogen functional groups attached to an aromatic ring is 1. The van der Waals surface area contributed by atoms with E-state index in [0.29, 0.717) is 18.2 Å². The monoisotopic (exact) mass is 282 g/mol. The number of aromatic nitrogens is 3. The number of hydrogen-bond acceptors (Lipinski definition) is 6. The van der Waals surface area contributed by atoms with Gasteiger partial charge in [0, 0.05) is 18.0 Å². The number of nitrogens with zero attached hydrogens (tertiary/aromatic N) is 3. The van der Waals surface area contributed by atoms with Crippen LogP contribution in [0.1, 0.15) is 11.6 Å². The van der Waals surface area contributed by atoms with E-state index in [2.05, 4.69) is 20.7 Å². The Morgan fingerprint density at radius 2 is 2.24 bits per heavy atom. The van der Waals surface area contributed by atoms with Crippen LogP contribution in [-0.4, -0.2) is 21.0 Å². The minimum absolute atomic E-state index is 0.0437. The van der Waals surface area contributed by atoms with Crippen molar-refractivity contribution in [1.82, 2.24) is 14.4 Å². The van der Waals surface area contributed by atoms with E-state index in [0.717, 1.165) is 17.0 Å². The second-order valence-corrected chi connectivity index (χ2v) is 4.82. The Balaban J connectivity index is 1.73. The third-order valence-electron chi connectivity index (χ3n) is 3.53. The lowest BCUT2D eigenvalue weighted by atomic mass is 10.1. The van der Waals surface area contributed by atoms with Gasteiger partial charge in [0.05, 0.1) is 12.2 Å². The van der Waals surface area contributed by atoms with Crippen LogP contribution in [0.15, 0.2) is 42.9 Å². The van der Waals surface area contributed by atoms with E-state index in [1.807, 2.05) is 34.9 Å². The fourth-order valence-corrected chi connectivity index (χ4v) is 2.55. The molecule has 0 radical (unpaired) electrons. The normalized spacial score (nSPS) is 16.5. The number of imidazole rings is 1. The van der Waals surface area contributed by atoms with Crippen molar-refractivity contribution in [1.29, 1.82) is 0 Å². The molecule has 0 fully saturated rings. The molecule has 0 spiro atoms. The summed E-state index contributed by atoms with van der Waals surface area (Å²) in [5.41, 5.74) is 4.43. The first-order valence-electron chi connectivity index (χ1n) is 6.64. The average molecular weight is 282 g/mol. The molecule has 106 valence electrons. The molecule has 1 atom stereocenters. The van der Waals surface area contributed by atoms with Crippen LogP contribution in [-0.2, 0) is 0 Å². The molecule has 0 aliphatic carbocycles. The molecular formula is C14H14N6O. The number of nitrogens with one attached hydrogen (secondary N) is 2. The summed E-state index contributed by atoms with van der Waals surface area (Å²) in [6, 6.07) is 8.02. The zero-order chi connectivity index (χ0) is 14.2. The van der Waals surface area contributed by atoms with E-state index in [-0.39, 0.29) is 6.04 Å². The van der Waals surface area contributed by atoms with E-state index < -0.39 is 0 Å². The summed E-state index contributed by atoms with van der Waals surface area (Å²) >= 11 is 0. The summed E-state index contributed by atoms with van der Waals surface area (Å²) in [5, 5.41) is 3.39. The fourth-order valence-electron chi connectivity index (χ4n) is 2.55. The molecule has 21 heavy (non-hydrogen) atoms. The highest BCUT2D eigenvalue weighted by molar-refractivity contribution is 5.66. The van der Waals surface area contributed by atoms with Crippen LogP contribution in [0.4, 0.5) is 11.6 Å². The highest BCUT2D eigenvalue weighted by atomic mass is 16.5. The number of hydrogen-bond donors (Lipinski definition) is 3. The number of fused-ring (bicyclic) bond motifs is 2. The molecule has 0 saturated heterocycles. The zero-order valence-corrected chi connectivity index (χ0v) is 11.2. The second-order valence-electron chi connectivity index (χ2n) is 4.82. The lowest BCUT2D eigenvalue weighted by molar-refractivity contribution is 0.339. The van der Waals surface area contributed by atoms with Gasteiger partial charge >= 0.3 is 0 Å². The molecule has 0 amide bonds. The average Bonchev–Trinajstić information content (AvgIpc) is 3.14. The molecule has 1 aliphatic rings. The van der Waals surface area contributed by atoms with Crippen molar-refractivity contribution in [3.63, 3.8) is 0 Å². The zero-order valence-electron chi connectivity index (χ0n) is 11.2. The van der Waals surface area contributed by atoms with Crippen LogP contribution in [0.2, 0.25) is 0 Å². The second kappa shape index (κ2) is 4.64. The molecule has 3 aromatic rings. The van der Waals surface area contributed by atoms with Crippen molar-refractivity contribution in [2.45, 2.75) is 6.04 Å². The number of ether oxygens (including phenoxy) is 1. The first kappa shape index (κ1) is 12.0. The molecule has 7 heteroatoms. The van der Waals surface area contributed by atoms with E-state index in [4.69, 9.17) is 10.6 Å². The summed E-state index contributed by atoms with van der Waals surface area (Å²) in [7, 11) is 0. The number of benzene rings is 1. The van der Waals surface area contributed by atoms with Crippen molar-refractivity contribution >= 4 is 17.3 Å². The van der Waals surface area contributed by atoms with Gasteiger partial charge in [0.15, 0.2) is 17.3 Å². The Hall–Kier alpha value is -2.80. The van der Waals surface area contributed by atoms with Gasteiger partial charge in [0.2, 0.25) is 0 Å². The van der Waals surface area contributed by atoms with Crippen molar-refractivity contribution in [2.24, 2.45) is 5.84 Å². The number of anilines is 2. The maximum absolute atomic E-state index is 5.68. The Morgan fingerprint density at radius 3 is 3.14 bits per heavy atom. The SMILES string of the molecule is NNc1cn2ccnc2c(NC2COc3ccccc32)n1. The summed E-state index contributed by atoms with van der Waals surface area (Å²) in [5.74, 6) is 7.60. The highest BCUT2D eigenvalue weighted by Crippen LogP contribution is 2.34. The lowest BCUT2D eigenvalue weighted by Crippen LogP contribution is -2.16. The van der Waals surface area contributed by atoms with Gasteiger partial charge in [-0.2, -0.15) is 0 Å². The molecule has 0 saturated carbocycles. The van der Waals surface area contributed by atoms with Crippen LogP contribution in [0, 0.1) is 0 Å². The van der Waals surface area contributed by atoms with Gasteiger partial charge < -0.3 is 19.9 Å². The van der Waals surface area contributed by atoms with Gasteiger partial charge in [-0.25, -0.2) is 15.8 Å². The largest absolute Gasteiger partial charge is 0.491 e. The predicted octanol–water partition coefficient (Wildman–Crippen LogP) is 1.56. The Morgan fingerprint density at radius 1 is 1.33 bits per heavy atom. The molecular weight excluding hydrogens is 268 g/mol. The Bertz CT molecular complexity index is 799. The quantitative estimate of drug-likeness (QED) is 0.499. The molecule has 4 rings (SSSR count).